The molecule has 0 saturated heterocycles. The third-order valence-electron chi connectivity index (χ3n) is 3.32. The second-order valence-corrected chi connectivity index (χ2v) is 5.26. The Morgan fingerprint density at radius 2 is 1.86 bits per heavy atom. The smallest absolute Gasteiger partial charge is 0.303 e. The minimum Gasteiger partial charge on any atom is -0.481 e. The first-order chi connectivity index (χ1) is 10.4. The van der Waals surface area contributed by atoms with E-state index in [9.17, 15) is 14.4 Å². The molecule has 0 aliphatic carbocycles. The molecule has 1 aromatic rings. The zero-order valence-electron chi connectivity index (χ0n) is 12.9. The van der Waals surface area contributed by atoms with Crippen LogP contribution in [0.4, 0.5) is 0 Å². The molecule has 0 aromatic heterocycles. The van der Waals surface area contributed by atoms with Crippen LogP contribution in [0.15, 0.2) is 30.3 Å². The Kier molecular flexibility index (Phi) is 7.08. The maximum Gasteiger partial charge on any atom is 0.303 e. The van der Waals surface area contributed by atoms with Crippen LogP contribution in [-0.4, -0.2) is 47.4 Å². The van der Waals surface area contributed by atoms with Crippen molar-refractivity contribution in [3.8, 4) is 0 Å². The minimum absolute atomic E-state index is 0.0136. The van der Waals surface area contributed by atoms with E-state index in [-0.39, 0.29) is 30.8 Å². The Morgan fingerprint density at radius 3 is 2.41 bits per heavy atom. The molecule has 0 fully saturated rings. The van der Waals surface area contributed by atoms with E-state index in [4.69, 9.17) is 5.11 Å². The Balaban J connectivity index is 2.63. The van der Waals surface area contributed by atoms with Gasteiger partial charge in [0.25, 0.3) is 0 Å². The molecule has 0 aliphatic heterocycles. The van der Waals surface area contributed by atoms with E-state index in [0.717, 1.165) is 5.56 Å². The highest BCUT2D eigenvalue weighted by atomic mass is 16.4. The van der Waals surface area contributed by atoms with Crippen LogP contribution in [0.2, 0.25) is 0 Å². The summed E-state index contributed by atoms with van der Waals surface area (Å²) in [6.45, 7) is 1.35. The minimum atomic E-state index is -0.895. The van der Waals surface area contributed by atoms with Gasteiger partial charge in [-0.1, -0.05) is 30.3 Å². The van der Waals surface area contributed by atoms with E-state index in [1.165, 1.54) is 11.8 Å². The molecule has 0 heterocycles. The Bertz CT molecular complexity index is 516. The number of likely N-dealkylation sites (N-methyl/N-ethyl adjacent to an activating group) is 1. The SMILES string of the molecule is CC(=O)N(C)CC(=O)NC(CCC(=O)O)Cc1ccccc1. The fourth-order valence-corrected chi connectivity index (χ4v) is 2.02. The number of hydrogen-bond donors (Lipinski definition) is 2. The molecule has 22 heavy (non-hydrogen) atoms. The molecule has 0 bridgehead atoms. The molecule has 0 spiro atoms. The lowest BCUT2D eigenvalue weighted by molar-refractivity contribution is -0.137. The Hall–Kier alpha value is -2.37. The van der Waals surface area contributed by atoms with Crippen molar-refractivity contribution in [2.75, 3.05) is 13.6 Å². The lowest BCUT2D eigenvalue weighted by atomic mass is 10.0. The van der Waals surface area contributed by atoms with Gasteiger partial charge in [0.15, 0.2) is 0 Å². The summed E-state index contributed by atoms with van der Waals surface area (Å²) in [5.74, 6) is -1.38. The van der Waals surface area contributed by atoms with E-state index in [1.807, 2.05) is 30.3 Å². The van der Waals surface area contributed by atoms with Gasteiger partial charge >= 0.3 is 5.97 Å². The van der Waals surface area contributed by atoms with Gasteiger partial charge in [0.05, 0.1) is 6.54 Å². The first-order valence-corrected chi connectivity index (χ1v) is 7.15. The second-order valence-electron chi connectivity index (χ2n) is 5.26. The molecule has 0 saturated carbocycles. The van der Waals surface area contributed by atoms with Crippen molar-refractivity contribution in [1.29, 1.82) is 0 Å². The summed E-state index contributed by atoms with van der Waals surface area (Å²) in [6.07, 6.45) is 0.893. The summed E-state index contributed by atoms with van der Waals surface area (Å²) in [6, 6.07) is 9.29. The zero-order valence-corrected chi connectivity index (χ0v) is 12.9. The van der Waals surface area contributed by atoms with Crippen molar-refractivity contribution in [3.63, 3.8) is 0 Å². The molecule has 1 unspecified atom stereocenters. The van der Waals surface area contributed by atoms with Gasteiger partial charge < -0.3 is 15.3 Å². The molecular formula is C16H22N2O4. The van der Waals surface area contributed by atoms with Crippen LogP contribution in [0.25, 0.3) is 0 Å². The number of benzene rings is 1. The average Bonchev–Trinajstić information content (AvgIpc) is 2.45. The molecule has 6 heteroatoms. The van der Waals surface area contributed by atoms with Crippen LogP contribution in [0.1, 0.15) is 25.3 Å². The van der Waals surface area contributed by atoms with Crippen LogP contribution in [0, 0.1) is 0 Å². The number of hydrogen-bond acceptors (Lipinski definition) is 3. The van der Waals surface area contributed by atoms with Gasteiger partial charge in [-0.2, -0.15) is 0 Å². The predicted molar refractivity (Wildman–Crippen MR) is 82.3 cm³/mol. The maximum absolute atomic E-state index is 12.0. The number of carboxylic acids is 1. The predicted octanol–water partition coefficient (Wildman–Crippen LogP) is 1.06. The zero-order chi connectivity index (χ0) is 16.5. The van der Waals surface area contributed by atoms with Crippen molar-refractivity contribution < 1.29 is 19.5 Å². The third kappa shape index (κ3) is 6.88. The normalized spacial score (nSPS) is 11.5. The summed E-state index contributed by atoms with van der Waals surface area (Å²) in [7, 11) is 1.55. The summed E-state index contributed by atoms with van der Waals surface area (Å²) < 4.78 is 0. The summed E-state index contributed by atoms with van der Waals surface area (Å²) in [5.41, 5.74) is 1.03. The molecule has 2 amide bonds. The van der Waals surface area contributed by atoms with Gasteiger partial charge in [-0.15, -0.1) is 0 Å². The molecule has 0 radical (unpaired) electrons. The second kappa shape index (κ2) is 8.81. The van der Waals surface area contributed by atoms with Crippen LogP contribution >= 0.6 is 0 Å². The van der Waals surface area contributed by atoms with E-state index >= 15 is 0 Å². The number of aliphatic carboxylic acids is 1. The topological polar surface area (TPSA) is 86.7 Å². The summed E-state index contributed by atoms with van der Waals surface area (Å²) in [4.78, 5) is 35.1. The van der Waals surface area contributed by atoms with Gasteiger partial charge in [-0.3, -0.25) is 14.4 Å². The molecule has 6 nitrogen and oxygen atoms in total. The van der Waals surface area contributed by atoms with Gasteiger partial charge in [-0.25, -0.2) is 0 Å². The van der Waals surface area contributed by atoms with Crippen molar-refractivity contribution in [2.24, 2.45) is 0 Å². The molecule has 1 rings (SSSR count). The number of carboxylic acid groups (broad SMARTS) is 1. The van der Waals surface area contributed by atoms with Gasteiger partial charge in [0, 0.05) is 26.4 Å². The Labute approximate surface area is 130 Å². The summed E-state index contributed by atoms with van der Waals surface area (Å²) in [5, 5.41) is 11.6. The lowest BCUT2D eigenvalue weighted by Crippen LogP contribution is -2.43. The molecule has 2 N–H and O–H groups in total. The molecule has 0 aliphatic rings. The molecule has 120 valence electrons. The highest BCUT2D eigenvalue weighted by molar-refractivity contribution is 5.83. The number of carbonyl (C=O) groups excluding carboxylic acids is 2. The molecule has 1 aromatic carbocycles. The van der Waals surface area contributed by atoms with Crippen molar-refractivity contribution >= 4 is 17.8 Å². The van der Waals surface area contributed by atoms with Gasteiger partial charge in [0.2, 0.25) is 11.8 Å². The highest BCUT2D eigenvalue weighted by Gasteiger charge is 2.16. The number of nitrogens with zero attached hydrogens (tertiary/aromatic N) is 1. The largest absolute Gasteiger partial charge is 0.481 e. The average molecular weight is 306 g/mol. The first-order valence-electron chi connectivity index (χ1n) is 7.15. The number of nitrogens with one attached hydrogen (secondary N) is 1. The van der Waals surface area contributed by atoms with Crippen LogP contribution < -0.4 is 5.32 Å². The quantitative estimate of drug-likeness (QED) is 0.752. The number of amides is 2. The van der Waals surface area contributed by atoms with Gasteiger partial charge in [-0.05, 0) is 18.4 Å². The van der Waals surface area contributed by atoms with Gasteiger partial charge in [0.1, 0.15) is 0 Å². The fraction of sp³-hybridized carbons (Fsp3) is 0.438. The maximum atomic E-state index is 12.0. The standard InChI is InChI=1S/C16H22N2O4/c1-12(19)18(2)11-15(20)17-14(8-9-16(21)22)10-13-6-4-3-5-7-13/h3-7,14H,8-11H2,1-2H3,(H,17,20)(H,21,22). The third-order valence-corrected chi connectivity index (χ3v) is 3.32. The number of rotatable bonds is 8. The van der Waals surface area contributed by atoms with E-state index in [2.05, 4.69) is 5.32 Å². The van der Waals surface area contributed by atoms with E-state index in [1.54, 1.807) is 7.05 Å². The number of carbonyl (C=O) groups is 3. The summed E-state index contributed by atoms with van der Waals surface area (Å²) >= 11 is 0. The van der Waals surface area contributed by atoms with E-state index in [0.29, 0.717) is 12.8 Å². The first kappa shape index (κ1) is 17.7. The monoisotopic (exact) mass is 306 g/mol. The van der Waals surface area contributed by atoms with Crippen LogP contribution in [0.3, 0.4) is 0 Å². The lowest BCUT2D eigenvalue weighted by Gasteiger charge is -2.21. The van der Waals surface area contributed by atoms with Crippen molar-refractivity contribution in [3.05, 3.63) is 35.9 Å². The van der Waals surface area contributed by atoms with Crippen molar-refractivity contribution in [2.45, 2.75) is 32.2 Å². The van der Waals surface area contributed by atoms with Crippen LogP contribution in [0.5, 0.6) is 0 Å². The van der Waals surface area contributed by atoms with Crippen LogP contribution in [-0.2, 0) is 20.8 Å². The van der Waals surface area contributed by atoms with E-state index < -0.39 is 5.97 Å². The molecule has 1 atom stereocenters. The Morgan fingerprint density at radius 1 is 1.23 bits per heavy atom. The highest BCUT2D eigenvalue weighted by Crippen LogP contribution is 2.08. The fourth-order valence-electron chi connectivity index (χ4n) is 2.02. The van der Waals surface area contributed by atoms with Crippen molar-refractivity contribution in [1.82, 2.24) is 10.2 Å². The molecular weight excluding hydrogens is 284 g/mol.